The average molecular weight is 252 g/mol. The summed E-state index contributed by atoms with van der Waals surface area (Å²) in [5.41, 5.74) is 0. The molecule has 0 spiro atoms. The molecule has 1 fully saturated rings. The van der Waals surface area contributed by atoms with Crippen molar-refractivity contribution in [3.8, 4) is 5.75 Å². The number of imide groups is 1. The molecular weight excluding hydrogens is 236 g/mol. The third-order valence-corrected chi connectivity index (χ3v) is 2.23. The van der Waals surface area contributed by atoms with Crippen molar-refractivity contribution in [3.05, 3.63) is 30.3 Å². The van der Waals surface area contributed by atoms with E-state index < -0.39 is 6.04 Å². The van der Waals surface area contributed by atoms with Crippen LogP contribution in [-0.2, 0) is 9.59 Å². The van der Waals surface area contributed by atoms with Crippen molar-refractivity contribution in [3.63, 3.8) is 0 Å². The summed E-state index contributed by atoms with van der Waals surface area (Å²) in [5, 5.41) is 21.9. The Hall–Kier alpha value is -1.92. The Morgan fingerprint density at radius 3 is 2.33 bits per heavy atom. The summed E-state index contributed by atoms with van der Waals surface area (Å²) in [5.74, 6) is -0.239. The zero-order valence-electron chi connectivity index (χ0n) is 9.80. The molecule has 4 N–H and O–H groups in total. The van der Waals surface area contributed by atoms with Crippen molar-refractivity contribution >= 4 is 11.8 Å². The topological polar surface area (TPSA) is 98.7 Å². The van der Waals surface area contributed by atoms with Gasteiger partial charge in [-0.25, -0.2) is 0 Å². The SMILES string of the molecule is O=C1C[C@H](NCCO)C(=O)N1.Oc1ccccc1. The highest BCUT2D eigenvalue weighted by atomic mass is 16.3. The summed E-state index contributed by atoms with van der Waals surface area (Å²) in [6.07, 6.45) is 0.179. The number of nitrogens with one attached hydrogen (secondary N) is 2. The second-order valence-electron chi connectivity index (χ2n) is 3.68. The van der Waals surface area contributed by atoms with Gasteiger partial charge in [-0.1, -0.05) is 18.2 Å². The van der Waals surface area contributed by atoms with E-state index in [1.807, 2.05) is 6.07 Å². The number of benzene rings is 1. The molecule has 0 aliphatic carbocycles. The Labute approximate surface area is 105 Å². The van der Waals surface area contributed by atoms with Crippen LogP contribution >= 0.6 is 0 Å². The number of carbonyl (C=O) groups is 2. The Morgan fingerprint density at radius 2 is 1.94 bits per heavy atom. The van der Waals surface area contributed by atoms with Crippen LogP contribution in [0.2, 0.25) is 0 Å². The number of carbonyl (C=O) groups excluding carboxylic acids is 2. The Morgan fingerprint density at radius 1 is 1.28 bits per heavy atom. The third kappa shape index (κ3) is 4.94. The van der Waals surface area contributed by atoms with Crippen LogP contribution in [0.1, 0.15) is 6.42 Å². The number of phenols is 1. The van der Waals surface area contributed by atoms with E-state index in [1.54, 1.807) is 24.3 Å². The highest BCUT2D eigenvalue weighted by Gasteiger charge is 2.29. The maximum Gasteiger partial charge on any atom is 0.244 e. The molecule has 0 saturated carbocycles. The first-order valence-corrected chi connectivity index (χ1v) is 5.55. The number of rotatable bonds is 3. The fourth-order valence-electron chi connectivity index (χ4n) is 1.39. The van der Waals surface area contributed by atoms with E-state index in [2.05, 4.69) is 10.6 Å². The highest BCUT2D eigenvalue weighted by Crippen LogP contribution is 2.02. The smallest absolute Gasteiger partial charge is 0.244 e. The molecule has 0 unspecified atom stereocenters. The largest absolute Gasteiger partial charge is 0.508 e. The summed E-state index contributed by atoms with van der Waals surface area (Å²) < 4.78 is 0. The minimum absolute atomic E-state index is 0.0298. The van der Waals surface area contributed by atoms with Crippen molar-refractivity contribution < 1.29 is 19.8 Å². The van der Waals surface area contributed by atoms with Crippen LogP contribution in [0.4, 0.5) is 0 Å². The summed E-state index contributed by atoms with van der Waals surface area (Å²) in [6.45, 7) is 0.309. The van der Waals surface area contributed by atoms with Crippen LogP contribution in [0.25, 0.3) is 0 Å². The van der Waals surface area contributed by atoms with Crippen LogP contribution in [0.15, 0.2) is 30.3 Å². The minimum Gasteiger partial charge on any atom is -0.508 e. The van der Waals surface area contributed by atoms with Gasteiger partial charge >= 0.3 is 0 Å². The van der Waals surface area contributed by atoms with E-state index >= 15 is 0 Å². The first-order valence-electron chi connectivity index (χ1n) is 5.55. The molecule has 98 valence electrons. The van der Waals surface area contributed by atoms with Crippen molar-refractivity contribution in [2.24, 2.45) is 0 Å². The molecule has 2 amide bonds. The van der Waals surface area contributed by atoms with E-state index in [0.717, 1.165) is 0 Å². The second-order valence-corrected chi connectivity index (χ2v) is 3.68. The quantitative estimate of drug-likeness (QED) is 0.537. The van der Waals surface area contributed by atoms with E-state index in [0.29, 0.717) is 12.3 Å². The molecule has 1 aliphatic rings. The summed E-state index contributed by atoms with van der Waals surface area (Å²) >= 11 is 0. The Balaban J connectivity index is 0.000000199. The number of aliphatic hydroxyl groups is 1. The lowest BCUT2D eigenvalue weighted by atomic mass is 10.2. The number of hydrogen-bond donors (Lipinski definition) is 4. The van der Waals surface area contributed by atoms with Crippen LogP contribution < -0.4 is 10.6 Å². The van der Waals surface area contributed by atoms with Crippen molar-refractivity contribution in [1.82, 2.24) is 10.6 Å². The van der Waals surface area contributed by atoms with Gasteiger partial charge in [-0.2, -0.15) is 0 Å². The molecular formula is C12H16N2O4. The Bertz CT molecular complexity index is 394. The molecule has 1 aromatic carbocycles. The molecule has 1 aromatic rings. The fourth-order valence-corrected chi connectivity index (χ4v) is 1.39. The lowest BCUT2D eigenvalue weighted by Crippen LogP contribution is -2.37. The average Bonchev–Trinajstić information content (AvgIpc) is 2.67. The van der Waals surface area contributed by atoms with Crippen molar-refractivity contribution in [1.29, 1.82) is 0 Å². The highest BCUT2D eigenvalue weighted by molar-refractivity contribution is 6.05. The summed E-state index contributed by atoms with van der Waals surface area (Å²) in [7, 11) is 0. The molecule has 1 saturated heterocycles. The van der Waals surface area contributed by atoms with Crippen LogP contribution in [0.3, 0.4) is 0 Å². The summed E-state index contributed by atoms with van der Waals surface area (Å²) in [4.78, 5) is 21.4. The number of hydrogen-bond acceptors (Lipinski definition) is 5. The Kier molecular flexibility index (Phi) is 5.83. The van der Waals surface area contributed by atoms with Gasteiger partial charge in [0.2, 0.25) is 11.8 Å². The van der Waals surface area contributed by atoms with Crippen molar-refractivity contribution in [2.75, 3.05) is 13.2 Å². The monoisotopic (exact) mass is 252 g/mol. The lowest BCUT2D eigenvalue weighted by Gasteiger charge is -2.05. The van der Waals surface area contributed by atoms with Crippen LogP contribution in [0.5, 0.6) is 5.75 Å². The molecule has 1 aliphatic heterocycles. The zero-order valence-corrected chi connectivity index (χ0v) is 9.80. The van der Waals surface area contributed by atoms with Gasteiger partial charge in [0, 0.05) is 6.54 Å². The fraction of sp³-hybridized carbons (Fsp3) is 0.333. The maximum atomic E-state index is 10.8. The van der Waals surface area contributed by atoms with Crippen LogP contribution in [0, 0.1) is 0 Å². The molecule has 0 radical (unpaired) electrons. The van der Waals surface area contributed by atoms with Crippen LogP contribution in [-0.4, -0.2) is 41.2 Å². The molecule has 2 rings (SSSR count). The van der Waals surface area contributed by atoms with Gasteiger partial charge in [-0.05, 0) is 12.1 Å². The van der Waals surface area contributed by atoms with Gasteiger partial charge in [-0.3, -0.25) is 14.9 Å². The van der Waals surface area contributed by atoms with E-state index in [4.69, 9.17) is 10.2 Å². The number of aliphatic hydroxyl groups excluding tert-OH is 1. The normalized spacial score (nSPS) is 17.9. The van der Waals surface area contributed by atoms with Gasteiger partial charge in [-0.15, -0.1) is 0 Å². The molecule has 1 heterocycles. The lowest BCUT2D eigenvalue weighted by molar-refractivity contribution is -0.125. The zero-order chi connectivity index (χ0) is 13.4. The predicted octanol–water partition coefficient (Wildman–Crippen LogP) is -0.624. The van der Waals surface area contributed by atoms with Gasteiger partial charge in [0.15, 0.2) is 0 Å². The predicted molar refractivity (Wildman–Crippen MR) is 64.8 cm³/mol. The number of aromatic hydroxyl groups is 1. The third-order valence-electron chi connectivity index (χ3n) is 2.23. The molecule has 0 aromatic heterocycles. The number of phenolic OH excluding ortho intramolecular Hbond substituents is 1. The van der Waals surface area contributed by atoms with Gasteiger partial charge in [0.05, 0.1) is 19.1 Å². The maximum absolute atomic E-state index is 10.8. The molecule has 18 heavy (non-hydrogen) atoms. The summed E-state index contributed by atoms with van der Waals surface area (Å²) in [6, 6.07) is 8.26. The number of amides is 2. The van der Waals surface area contributed by atoms with E-state index in [-0.39, 0.29) is 24.8 Å². The molecule has 0 bridgehead atoms. The molecule has 6 heteroatoms. The number of para-hydroxylation sites is 1. The first-order chi connectivity index (χ1) is 8.63. The van der Waals surface area contributed by atoms with E-state index in [1.165, 1.54) is 0 Å². The van der Waals surface area contributed by atoms with Gasteiger partial charge < -0.3 is 15.5 Å². The van der Waals surface area contributed by atoms with Gasteiger partial charge in [0.25, 0.3) is 0 Å². The standard InChI is InChI=1S/C6H10N2O3.C6H6O/c9-2-1-7-4-3-5(10)8-6(4)11;7-6-4-2-1-3-5-6/h4,7,9H,1-3H2,(H,8,10,11);1-5,7H/t4-;/m0./s1. The van der Waals surface area contributed by atoms with E-state index in [9.17, 15) is 9.59 Å². The molecule has 6 nitrogen and oxygen atoms in total. The minimum atomic E-state index is -0.449. The second kappa shape index (κ2) is 7.41. The molecule has 1 atom stereocenters. The van der Waals surface area contributed by atoms with Gasteiger partial charge in [0.1, 0.15) is 5.75 Å². The first kappa shape index (κ1) is 14.1. The van der Waals surface area contributed by atoms with Crippen molar-refractivity contribution in [2.45, 2.75) is 12.5 Å².